The average molecular weight is 219 g/mol. The minimum atomic E-state index is -4.74. The SMILES string of the molecule is CCCN.CP(=O)(O)P(=O)(O)O. The third kappa shape index (κ3) is 8.40. The van der Waals surface area contributed by atoms with E-state index in [9.17, 15) is 9.13 Å². The highest BCUT2D eigenvalue weighted by Gasteiger charge is 2.33. The first-order valence-corrected chi connectivity index (χ1v) is 7.65. The number of hydrogen-bond donors (Lipinski definition) is 4. The van der Waals surface area contributed by atoms with Gasteiger partial charge in [0.1, 0.15) is 0 Å². The van der Waals surface area contributed by atoms with Gasteiger partial charge in [-0.05, 0) is 13.0 Å². The first kappa shape index (κ1) is 14.8. The molecule has 0 aliphatic heterocycles. The van der Waals surface area contributed by atoms with Crippen molar-refractivity contribution in [1.29, 1.82) is 0 Å². The molecule has 0 aromatic carbocycles. The number of rotatable bonds is 2. The van der Waals surface area contributed by atoms with Gasteiger partial charge >= 0.3 is 14.3 Å². The van der Waals surface area contributed by atoms with Crippen molar-refractivity contribution < 1.29 is 23.8 Å². The van der Waals surface area contributed by atoms with Gasteiger partial charge in [-0.15, -0.1) is 0 Å². The van der Waals surface area contributed by atoms with Gasteiger partial charge in [0.05, 0.1) is 0 Å². The Morgan fingerprint density at radius 3 is 1.42 bits per heavy atom. The fourth-order valence-corrected chi connectivity index (χ4v) is 0. The van der Waals surface area contributed by atoms with Crippen molar-refractivity contribution in [2.75, 3.05) is 13.2 Å². The second kappa shape index (κ2) is 5.86. The summed E-state index contributed by atoms with van der Waals surface area (Å²) in [7, 11) is -8.92. The molecule has 8 heteroatoms. The molecule has 0 amide bonds. The van der Waals surface area contributed by atoms with Crippen LogP contribution in [0.3, 0.4) is 0 Å². The molecule has 0 aliphatic rings. The molecule has 0 saturated heterocycles. The van der Waals surface area contributed by atoms with Crippen LogP contribution in [-0.4, -0.2) is 27.9 Å². The van der Waals surface area contributed by atoms with Gasteiger partial charge in [-0.25, -0.2) is 4.57 Å². The summed E-state index contributed by atoms with van der Waals surface area (Å²) in [5.74, 6) is 0. The largest absolute Gasteiger partial charge is 0.407 e. The summed E-state index contributed by atoms with van der Waals surface area (Å²) < 4.78 is 19.9. The van der Waals surface area contributed by atoms with Gasteiger partial charge < -0.3 is 20.4 Å². The predicted octanol–water partition coefficient (Wildman–Crippen LogP) is 0.334. The molecule has 1 unspecified atom stereocenters. The molecule has 76 valence electrons. The quantitative estimate of drug-likeness (QED) is 0.496. The topological polar surface area (TPSA) is 121 Å². The lowest BCUT2D eigenvalue weighted by molar-refractivity contribution is 0.378. The van der Waals surface area contributed by atoms with E-state index in [1.165, 1.54) is 0 Å². The molecule has 0 heterocycles. The maximum absolute atomic E-state index is 10.0. The summed E-state index contributed by atoms with van der Waals surface area (Å²) in [6, 6.07) is 0. The molecule has 6 nitrogen and oxygen atoms in total. The molecule has 5 N–H and O–H groups in total. The molecule has 0 radical (unpaired) electrons. The summed E-state index contributed by atoms with van der Waals surface area (Å²) in [5.41, 5.74) is 5.03. The molecule has 0 aromatic heterocycles. The van der Waals surface area contributed by atoms with E-state index < -0.39 is 14.3 Å². The van der Waals surface area contributed by atoms with E-state index in [1.54, 1.807) is 0 Å². The minimum Gasteiger partial charge on any atom is -0.336 e. The molecule has 0 aliphatic carbocycles. The van der Waals surface area contributed by atoms with Gasteiger partial charge in [-0.1, -0.05) is 6.92 Å². The molecule has 1 atom stereocenters. The standard InChI is InChI=1S/C3H9N.CH6O5P2/c1-2-3-4;1-7(2,3)8(4,5)6/h2-4H2,1H3;1H3,(H,2,3)(H2,4,5,6). The normalized spacial score (nSPS) is 15.8. The summed E-state index contributed by atoms with van der Waals surface area (Å²) >= 11 is 0. The zero-order valence-electron chi connectivity index (χ0n) is 7.04. The van der Waals surface area contributed by atoms with Crippen LogP contribution in [0.1, 0.15) is 13.3 Å². The van der Waals surface area contributed by atoms with Crippen LogP contribution in [0.2, 0.25) is 0 Å². The average Bonchev–Trinajstić information content (AvgIpc) is 1.84. The summed E-state index contributed by atoms with van der Waals surface area (Å²) in [5, 5.41) is 0. The number of nitrogens with two attached hydrogens (primary N) is 1. The van der Waals surface area contributed by atoms with Crippen LogP contribution < -0.4 is 5.73 Å². The van der Waals surface area contributed by atoms with Crippen LogP contribution in [0.25, 0.3) is 0 Å². The van der Waals surface area contributed by atoms with Gasteiger partial charge in [0, 0.05) is 6.66 Å². The van der Waals surface area contributed by atoms with Crippen LogP contribution >= 0.6 is 14.3 Å². The molecule has 12 heavy (non-hydrogen) atoms. The maximum atomic E-state index is 10.0. The smallest absolute Gasteiger partial charge is 0.336 e. The van der Waals surface area contributed by atoms with Crippen molar-refractivity contribution in [3.8, 4) is 0 Å². The second-order valence-electron chi connectivity index (χ2n) is 2.14. The maximum Gasteiger partial charge on any atom is 0.407 e. The van der Waals surface area contributed by atoms with Crippen molar-refractivity contribution in [3.63, 3.8) is 0 Å². The van der Waals surface area contributed by atoms with E-state index in [2.05, 4.69) is 6.92 Å². The van der Waals surface area contributed by atoms with Crippen LogP contribution in [-0.2, 0) is 9.13 Å². The fraction of sp³-hybridized carbons (Fsp3) is 1.00. The summed E-state index contributed by atoms with van der Waals surface area (Å²) in [4.78, 5) is 24.1. The zero-order valence-corrected chi connectivity index (χ0v) is 8.83. The van der Waals surface area contributed by atoms with E-state index in [0.717, 1.165) is 13.0 Å². The Labute approximate surface area is 71.3 Å². The molecular weight excluding hydrogens is 204 g/mol. The van der Waals surface area contributed by atoms with Gasteiger partial charge in [0.25, 0.3) is 0 Å². The monoisotopic (exact) mass is 219 g/mol. The van der Waals surface area contributed by atoms with Crippen molar-refractivity contribution in [2.45, 2.75) is 13.3 Å². The lowest BCUT2D eigenvalue weighted by Gasteiger charge is -2.04. The molecular formula is C4H15NO5P2. The van der Waals surface area contributed by atoms with Crippen LogP contribution in [0.4, 0.5) is 0 Å². The van der Waals surface area contributed by atoms with E-state index in [1.807, 2.05) is 0 Å². The third-order valence-corrected chi connectivity index (χ3v) is 4.64. The third-order valence-electron chi connectivity index (χ3n) is 0.772. The Kier molecular flexibility index (Phi) is 7.23. The Morgan fingerprint density at radius 2 is 1.42 bits per heavy atom. The highest BCUT2D eigenvalue weighted by molar-refractivity contribution is 8.28. The molecule has 0 spiro atoms. The predicted molar refractivity (Wildman–Crippen MR) is 47.1 cm³/mol. The lowest BCUT2D eigenvalue weighted by atomic mass is 10.5. The molecule has 0 bridgehead atoms. The Hall–Kier alpha value is 0.300. The van der Waals surface area contributed by atoms with E-state index in [-0.39, 0.29) is 0 Å². The van der Waals surface area contributed by atoms with Gasteiger partial charge in [0.15, 0.2) is 0 Å². The molecule has 0 fully saturated rings. The Morgan fingerprint density at radius 1 is 1.25 bits per heavy atom. The summed E-state index contributed by atoms with van der Waals surface area (Å²) in [6.07, 6.45) is 1.10. The van der Waals surface area contributed by atoms with Crippen molar-refractivity contribution in [2.24, 2.45) is 5.73 Å². The first-order valence-electron chi connectivity index (χ1n) is 3.23. The fourth-order valence-electron chi connectivity index (χ4n) is 0. The van der Waals surface area contributed by atoms with Crippen LogP contribution in [0.5, 0.6) is 0 Å². The van der Waals surface area contributed by atoms with Crippen LogP contribution in [0, 0.1) is 0 Å². The van der Waals surface area contributed by atoms with Gasteiger partial charge in [0.2, 0.25) is 0 Å². The van der Waals surface area contributed by atoms with Crippen molar-refractivity contribution in [3.05, 3.63) is 0 Å². The van der Waals surface area contributed by atoms with E-state index in [0.29, 0.717) is 6.66 Å². The van der Waals surface area contributed by atoms with Crippen molar-refractivity contribution in [1.82, 2.24) is 0 Å². The molecule has 0 rings (SSSR count). The number of hydrogen-bond acceptors (Lipinski definition) is 3. The minimum absolute atomic E-state index is 0.619. The van der Waals surface area contributed by atoms with Gasteiger partial charge in [-0.3, -0.25) is 4.57 Å². The second-order valence-corrected chi connectivity index (χ2v) is 8.62. The van der Waals surface area contributed by atoms with E-state index >= 15 is 0 Å². The Balaban J connectivity index is 0. The van der Waals surface area contributed by atoms with Crippen molar-refractivity contribution >= 4 is 14.3 Å². The highest BCUT2D eigenvalue weighted by atomic mass is 32.1. The van der Waals surface area contributed by atoms with Crippen LogP contribution in [0.15, 0.2) is 0 Å². The van der Waals surface area contributed by atoms with Gasteiger partial charge in [-0.2, -0.15) is 0 Å². The molecule has 0 aromatic rings. The lowest BCUT2D eigenvalue weighted by Crippen LogP contribution is -1.93. The summed E-state index contributed by atoms with van der Waals surface area (Å²) in [6.45, 7) is 3.49. The Bertz CT molecular complexity index is 172. The first-order chi connectivity index (χ1) is 5.16. The molecule has 0 saturated carbocycles. The van der Waals surface area contributed by atoms with E-state index in [4.69, 9.17) is 20.4 Å². The highest BCUT2D eigenvalue weighted by Crippen LogP contribution is 2.71. The zero-order chi connectivity index (χ0) is 10.4.